The maximum Gasteiger partial charge on any atom is 0.514 e. The number of alkyl carbamates (subject to hydrolysis) is 1. The Morgan fingerprint density at radius 3 is 2.04 bits per heavy atom. The smallest absolute Gasteiger partial charge is 0.444 e. The van der Waals surface area contributed by atoms with E-state index < -0.39 is 23.5 Å². The molecular weight excluding hydrogens is 322 g/mol. The van der Waals surface area contributed by atoms with Gasteiger partial charge in [-0.2, -0.15) is 0 Å². The molecular formula is C19H27NO5. The number of nitrogens with one attached hydrogen (secondary N) is 1. The highest BCUT2D eigenvalue weighted by Crippen LogP contribution is 2.41. The van der Waals surface area contributed by atoms with Crippen molar-refractivity contribution in [2.75, 3.05) is 0 Å². The molecule has 1 aromatic rings. The van der Waals surface area contributed by atoms with Crippen LogP contribution in [0.1, 0.15) is 59.4 Å². The van der Waals surface area contributed by atoms with E-state index in [9.17, 15) is 9.59 Å². The van der Waals surface area contributed by atoms with Crippen molar-refractivity contribution in [3.63, 3.8) is 0 Å². The van der Waals surface area contributed by atoms with E-state index in [2.05, 4.69) is 5.32 Å². The molecule has 0 radical (unpaired) electrons. The Morgan fingerprint density at radius 2 is 1.52 bits per heavy atom. The van der Waals surface area contributed by atoms with Crippen LogP contribution in [0.5, 0.6) is 5.75 Å². The van der Waals surface area contributed by atoms with Gasteiger partial charge >= 0.3 is 12.2 Å². The first-order valence-electron chi connectivity index (χ1n) is 8.43. The minimum absolute atomic E-state index is 0.0764. The molecule has 25 heavy (non-hydrogen) atoms. The molecule has 0 aliphatic heterocycles. The van der Waals surface area contributed by atoms with Crippen LogP contribution in [0.25, 0.3) is 0 Å². The third-order valence-electron chi connectivity index (χ3n) is 3.39. The van der Waals surface area contributed by atoms with Gasteiger partial charge in [-0.15, -0.1) is 0 Å². The highest BCUT2D eigenvalue weighted by molar-refractivity contribution is 5.69. The van der Waals surface area contributed by atoms with Crippen LogP contribution in [0, 0.1) is 0 Å². The van der Waals surface area contributed by atoms with Gasteiger partial charge in [0, 0.05) is 12.0 Å². The SMILES string of the molecule is CC(C)(C)OC(=O)N[C@@H]1C[C@H]1c1ccc(OC(=O)OC(C)(C)C)cc1. The molecule has 1 saturated carbocycles. The third-order valence-corrected chi connectivity index (χ3v) is 3.39. The van der Waals surface area contributed by atoms with Gasteiger partial charge in [-0.25, -0.2) is 9.59 Å². The average Bonchev–Trinajstić information content (AvgIpc) is 3.13. The zero-order valence-corrected chi connectivity index (χ0v) is 15.7. The lowest BCUT2D eigenvalue weighted by Crippen LogP contribution is -2.34. The van der Waals surface area contributed by atoms with Crippen molar-refractivity contribution in [2.24, 2.45) is 0 Å². The van der Waals surface area contributed by atoms with Crippen LogP contribution in [-0.2, 0) is 9.47 Å². The first-order chi connectivity index (χ1) is 11.4. The van der Waals surface area contributed by atoms with Gasteiger partial charge in [0.1, 0.15) is 17.0 Å². The Hall–Kier alpha value is -2.24. The van der Waals surface area contributed by atoms with Gasteiger partial charge in [0.15, 0.2) is 0 Å². The monoisotopic (exact) mass is 349 g/mol. The standard InChI is InChI=1S/C19H27NO5/c1-18(2,3)24-16(21)20-15-11-14(15)12-7-9-13(10-8-12)23-17(22)25-19(4,5)6/h7-10,14-15H,11H2,1-6H3,(H,20,21)/t14-,15+/m0/s1. The Bertz CT molecular complexity index is 625. The van der Waals surface area contributed by atoms with Crippen LogP contribution in [0.2, 0.25) is 0 Å². The van der Waals surface area contributed by atoms with Gasteiger partial charge in [-0.05, 0) is 65.7 Å². The number of carbonyl (C=O) groups is 2. The molecule has 0 unspecified atom stereocenters. The maximum atomic E-state index is 11.8. The molecule has 6 heteroatoms. The Labute approximate surface area is 148 Å². The number of rotatable bonds is 3. The van der Waals surface area contributed by atoms with Crippen LogP contribution in [0.15, 0.2) is 24.3 Å². The summed E-state index contributed by atoms with van der Waals surface area (Å²) >= 11 is 0. The summed E-state index contributed by atoms with van der Waals surface area (Å²) < 4.78 is 15.5. The van der Waals surface area contributed by atoms with Gasteiger partial charge in [0.05, 0.1) is 0 Å². The number of benzene rings is 1. The molecule has 6 nitrogen and oxygen atoms in total. The first kappa shape index (κ1) is 19.1. The van der Waals surface area contributed by atoms with Crippen molar-refractivity contribution >= 4 is 12.2 Å². The minimum Gasteiger partial charge on any atom is -0.444 e. The van der Waals surface area contributed by atoms with E-state index in [1.165, 1.54) is 0 Å². The van der Waals surface area contributed by atoms with Crippen LogP contribution < -0.4 is 10.1 Å². The van der Waals surface area contributed by atoms with E-state index in [1.54, 1.807) is 32.9 Å². The van der Waals surface area contributed by atoms with Crippen molar-refractivity contribution in [3.05, 3.63) is 29.8 Å². The van der Waals surface area contributed by atoms with E-state index in [4.69, 9.17) is 14.2 Å². The van der Waals surface area contributed by atoms with E-state index >= 15 is 0 Å². The fourth-order valence-electron chi connectivity index (χ4n) is 2.33. The fraction of sp³-hybridized carbons (Fsp3) is 0.579. The van der Waals surface area contributed by atoms with E-state index in [0.717, 1.165) is 12.0 Å². The van der Waals surface area contributed by atoms with Gasteiger partial charge in [0.2, 0.25) is 0 Å². The number of hydrogen-bond donors (Lipinski definition) is 1. The topological polar surface area (TPSA) is 73.9 Å². The number of carbonyl (C=O) groups excluding carboxylic acids is 2. The van der Waals surface area contributed by atoms with Gasteiger partial charge < -0.3 is 19.5 Å². The summed E-state index contributed by atoms with van der Waals surface area (Å²) in [6.07, 6.45) is -0.257. The van der Waals surface area contributed by atoms with Crippen LogP contribution in [0.3, 0.4) is 0 Å². The average molecular weight is 349 g/mol. The zero-order chi connectivity index (χ0) is 18.8. The van der Waals surface area contributed by atoms with Gasteiger partial charge in [0.25, 0.3) is 0 Å². The predicted octanol–water partition coefficient (Wildman–Crippen LogP) is 4.38. The lowest BCUT2D eigenvalue weighted by atomic mass is 10.1. The Kier molecular flexibility index (Phi) is 5.30. The lowest BCUT2D eigenvalue weighted by molar-refractivity contribution is 0.0205. The number of hydrogen-bond acceptors (Lipinski definition) is 5. The van der Waals surface area contributed by atoms with E-state index in [0.29, 0.717) is 5.75 Å². The molecule has 0 saturated heterocycles. The first-order valence-corrected chi connectivity index (χ1v) is 8.43. The minimum atomic E-state index is -0.726. The Balaban J connectivity index is 1.83. The molecule has 2 atom stereocenters. The molecule has 0 spiro atoms. The maximum absolute atomic E-state index is 11.8. The number of amides is 1. The largest absolute Gasteiger partial charge is 0.514 e. The summed E-state index contributed by atoms with van der Waals surface area (Å²) in [5.74, 6) is 0.679. The molecule has 0 aromatic heterocycles. The van der Waals surface area contributed by atoms with Gasteiger partial charge in [-0.1, -0.05) is 12.1 Å². The van der Waals surface area contributed by atoms with Crippen LogP contribution in [0.4, 0.5) is 9.59 Å². The van der Waals surface area contributed by atoms with Crippen molar-refractivity contribution in [1.29, 1.82) is 0 Å². The van der Waals surface area contributed by atoms with Crippen molar-refractivity contribution in [2.45, 2.75) is 71.1 Å². The molecule has 0 bridgehead atoms. The van der Waals surface area contributed by atoms with Gasteiger partial charge in [-0.3, -0.25) is 0 Å². The molecule has 138 valence electrons. The number of ether oxygens (including phenoxy) is 3. The summed E-state index contributed by atoms with van der Waals surface area (Å²) in [6.45, 7) is 10.8. The lowest BCUT2D eigenvalue weighted by Gasteiger charge is -2.19. The van der Waals surface area contributed by atoms with Crippen molar-refractivity contribution in [3.8, 4) is 5.75 Å². The van der Waals surface area contributed by atoms with E-state index in [1.807, 2.05) is 32.9 Å². The van der Waals surface area contributed by atoms with Crippen LogP contribution >= 0.6 is 0 Å². The quantitative estimate of drug-likeness (QED) is 0.647. The van der Waals surface area contributed by atoms with E-state index in [-0.39, 0.29) is 12.0 Å². The summed E-state index contributed by atoms with van der Waals surface area (Å²) in [5, 5.41) is 2.87. The zero-order valence-electron chi connectivity index (χ0n) is 15.7. The second-order valence-electron chi connectivity index (χ2n) is 8.23. The van der Waals surface area contributed by atoms with Crippen LogP contribution in [-0.4, -0.2) is 29.5 Å². The second kappa shape index (κ2) is 6.94. The summed E-state index contributed by atoms with van der Waals surface area (Å²) in [6, 6.07) is 7.31. The molecule has 2 rings (SSSR count). The summed E-state index contributed by atoms with van der Waals surface area (Å²) in [5.41, 5.74) is -0.0154. The highest BCUT2D eigenvalue weighted by atomic mass is 16.7. The second-order valence-corrected chi connectivity index (χ2v) is 8.23. The molecule has 1 N–H and O–H groups in total. The highest BCUT2D eigenvalue weighted by Gasteiger charge is 2.40. The molecule has 1 aliphatic carbocycles. The normalized spacial score (nSPS) is 19.8. The van der Waals surface area contributed by atoms with Crippen molar-refractivity contribution < 1.29 is 23.8 Å². The molecule has 1 fully saturated rings. The summed E-state index contributed by atoms with van der Waals surface area (Å²) in [7, 11) is 0. The predicted molar refractivity (Wildman–Crippen MR) is 93.8 cm³/mol. The third kappa shape index (κ3) is 6.64. The Morgan fingerprint density at radius 1 is 0.960 bits per heavy atom. The molecule has 1 aliphatic rings. The fourth-order valence-corrected chi connectivity index (χ4v) is 2.33. The molecule has 0 heterocycles. The molecule has 1 amide bonds. The molecule has 1 aromatic carbocycles. The van der Waals surface area contributed by atoms with Crippen molar-refractivity contribution in [1.82, 2.24) is 5.32 Å². The summed E-state index contributed by atoms with van der Waals surface area (Å²) in [4.78, 5) is 23.4.